The number of hydrogen-bond acceptors (Lipinski definition) is 1. The number of carbonyl (C=O) groups is 1. The molecule has 0 heterocycles. The first-order chi connectivity index (χ1) is 5.69. The number of hydrogen-bond donors (Lipinski definition) is 1. The summed E-state index contributed by atoms with van der Waals surface area (Å²) in [4.78, 5) is 11.6. The summed E-state index contributed by atoms with van der Waals surface area (Å²) in [5.41, 5.74) is -0.0527. The van der Waals surface area contributed by atoms with Gasteiger partial charge in [0.15, 0.2) is 0 Å². The normalized spacial score (nSPS) is 12.8. The van der Waals surface area contributed by atoms with E-state index in [0.717, 1.165) is 6.42 Å². The van der Waals surface area contributed by atoms with E-state index in [2.05, 4.69) is 26.1 Å². The summed E-state index contributed by atoms with van der Waals surface area (Å²) >= 11 is 0. The van der Waals surface area contributed by atoms with E-state index < -0.39 is 0 Å². The van der Waals surface area contributed by atoms with E-state index in [1.165, 1.54) is 0 Å². The van der Waals surface area contributed by atoms with Gasteiger partial charge in [0.1, 0.15) is 0 Å². The zero-order valence-electron chi connectivity index (χ0n) is 9.82. The second kappa shape index (κ2) is 4.12. The van der Waals surface area contributed by atoms with Crippen molar-refractivity contribution in [2.45, 2.75) is 48.0 Å². The molecule has 0 saturated heterocycles. The lowest BCUT2D eigenvalue weighted by Crippen LogP contribution is -2.39. The Balaban J connectivity index is 4.30. The lowest BCUT2D eigenvalue weighted by Gasteiger charge is -2.31. The predicted molar refractivity (Wildman–Crippen MR) is 56.5 cm³/mol. The van der Waals surface area contributed by atoms with Gasteiger partial charge >= 0.3 is 0 Å². The fourth-order valence-electron chi connectivity index (χ4n) is 1.81. The largest absolute Gasteiger partial charge is 0.356 e. The summed E-state index contributed by atoms with van der Waals surface area (Å²) in [5, 5.41) is 2.87. The van der Waals surface area contributed by atoms with Gasteiger partial charge in [0.2, 0.25) is 5.91 Å². The number of rotatable bonds is 3. The molecule has 1 amide bonds. The number of carbonyl (C=O) groups excluding carboxylic acids is 1. The number of nitrogens with one attached hydrogen (secondary N) is 1. The van der Waals surface area contributed by atoms with Gasteiger partial charge in [-0.2, -0.15) is 0 Å². The maximum Gasteiger partial charge on any atom is 0.225 e. The van der Waals surface area contributed by atoms with Gasteiger partial charge in [0, 0.05) is 12.0 Å². The topological polar surface area (TPSA) is 29.1 Å². The van der Waals surface area contributed by atoms with Crippen LogP contribution >= 0.6 is 0 Å². The van der Waals surface area contributed by atoms with Crippen molar-refractivity contribution in [3.05, 3.63) is 0 Å². The van der Waals surface area contributed by atoms with Gasteiger partial charge in [-0.15, -0.1) is 0 Å². The van der Waals surface area contributed by atoms with Gasteiger partial charge < -0.3 is 5.32 Å². The van der Waals surface area contributed by atoms with Crippen molar-refractivity contribution in [3.63, 3.8) is 0 Å². The molecule has 13 heavy (non-hydrogen) atoms. The van der Waals surface area contributed by atoms with Crippen LogP contribution in [0.4, 0.5) is 0 Å². The summed E-state index contributed by atoms with van der Waals surface area (Å²) in [5.74, 6) is 0.157. The average Bonchev–Trinajstić information content (AvgIpc) is 1.82. The number of amides is 1. The minimum absolute atomic E-state index is 0.157. The quantitative estimate of drug-likeness (QED) is 0.719. The molecule has 0 atom stereocenters. The summed E-state index contributed by atoms with van der Waals surface area (Å²) < 4.78 is 0. The molecule has 0 radical (unpaired) electrons. The molecule has 0 rings (SSSR count). The fourth-order valence-corrected chi connectivity index (χ4v) is 1.81. The van der Waals surface area contributed by atoms with Crippen LogP contribution in [0.15, 0.2) is 0 Å². The van der Waals surface area contributed by atoms with Gasteiger partial charge in [-0.3, -0.25) is 4.79 Å². The molecule has 0 aliphatic heterocycles. The Morgan fingerprint density at radius 1 is 1.15 bits per heavy atom. The molecular formula is C11H23NO. The minimum atomic E-state index is -0.256. The third-order valence-corrected chi connectivity index (χ3v) is 1.92. The molecule has 0 saturated carbocycles. The molecule has 0 bridgehead atoms. The van der Waals surface area contributed by atoms with Gasteiger partial charge in [0.25, 0.3) is 0 Å². The van der Waals surface area contributed by atoms with Crippen LogP contribution in [0.1, 0.15) is 48.0 Å². The van der Waals surface area contributed by atoms with Crippen molar-refractivity contribution in [1.29, 1.82) is 0 Å². The first-order valence-corrected chi connectivity index (χ1v) is 4.97. The maximum atomic E-state index is 11.6. The summed E-state index contributed by atoms with van der Waals surface area (Å²) in [7, 11) is 0. The summed E-state index contributed by atoms with van der Waals surface area (Å²) in [6, 6.07) is 0. The zero-order valence-corrected chi connectivity index (χ0v) is 9.82. The van der Waals surface area contributed by atoms with E-state index >= 15 is 0 Å². The molecule has 0 fully saturated rings. The molecule has 2 nitrogen and oxygen atoms in total. The van der Waals surface area contributed by atoms with Crippen LogP contribution in [-0.4, -0.2) is 12.5 Å². The lowest BCUT2D eigenvalue weighted by molar-refractivity contribution is -0.130. The van der Waals surface area contributed by atoms with E-state index in [9.17, 15) is 4.79 Å². The van der Waals surface area contributed by atoms with Crippen LogP contribution in [0.25, 0.3) is 0 Å². The van der Waals surface area contributed by atoms with Crippen LogP contribution in [0.5, 0.6) is 0 Å². The smallest absolute Gasteiger partial charge is 0.225 e. The molecular weight excluding hydrogens is 162 g/mol. The molecule has 0 aromatic rings. The van der Waals surface area contributed by atoms with Crippen LogP contribution < -0.4 is 5.32 Å². The zero-order chi connectivity index (χ0) is 10.7. The van der Waals surface area contributed by atoms with Gasteiger partial charge in [-0.1, -0.05) is 34.6 Å². The van der Waals surface area contributed by atoms with E-state index in [4.69, 9.17) is 0 Å². The van der Waals surface area contributed by atoms with E-state index in [1.54, 1.807) is 0 Å². The third-order valence-electron chi connectivity index (χ3n) is 1.92. The Kier molecular flexibility index (Phi) is 3.95. The summed E-state index contributed by atoms with van der Waals surface area (Å²) in [6.45, 7) is 13.2. The second-order valence-corrected chi connectivity index (χ2v) is 5.48. The van der Waals surface area contributed by atoms with Crippen LogP contribution in [-0.2, 0) is 4.79 Å². The van der Waals surface area contributed by atoms with Crippen molar-refractivity contribution in [2.24, 2.45) is 10.8 Å². The highest BCUT2D eigenvalue weighted by molar-refractivity contribution is 5.81. The van der Waals surface area contributed by atoms with E-state index in [-0.39, 0.29) is 16.7 Å². The average molecular weight is 185 g/mol. The Hall–Kier alpha value is -0.530. The summed E-state index contributed by atoms with van der Waals surface area (Å²) in [6.07, 6.45) is 0.909. The Bertz CT molecular complexity index is 177. The first kappa shape index (κ1) is 12.5. The standard InChI is InChI=1S/C11H23NO/c1-7-12-9(13)11(5,6)8-10(2,3)4/h7-8H2,1-6H3,(H,12,13). The molecule has 1 N–H and O–H groups in total. The van der Waals surface area contributed by atoms with Gasteiger partial charge in [0.05, 0.1) is 0 Å². The molecule has 78 valence electrons. The molecule has 0 aliphatic rings. The highest BCUT2D eigenvalue weighted by Crippen LogP contribution is 2.32. The van der Waals surface area contributed by atoms with Crippen molar-refractivity contribution < 1.29 is 4.79 Å². The maximum absolute atomic E-state index is 11.6. The molecule has 0 aliphatic carbocycles. The van der Waals surface area contributed by atoms with Crippen molar-refractivity contribution in [1.82, 2.24) is 5.32 Å². The van der Waals surface area contributed by atoms with Crippen molar-refractivity contribution >= 4 is 5.91 Å². The van der Waals surface area contributed by atoms with E-state index in [1.807, 2.05) is 20.8 Å². The van der Waals surface area contributed by atoms with Crippen LogP contribution in [0.2, 0.25) is 0 Å². The van der Waals surface area contributed by atoms with Crippen molar-refractivity contribution in [2.75, 3.05) is 6.54 Å². The SMILES string of the molecule is CCNC(=O)C(C)(C)CC(C)(C)C. The second-order valence-electron chi connectivity index (χ2n) is 5.48. The Labute approximate surface area is 82.1 Å². The lowest BCUT2D eigenvalue weighted by atomic mass is 9.76. The Morgan fingerprint density at radius 3 is 1.92 bits per heavy atom. The highest BCUT2D eigenvalue weighted by Gasteiger charge is 2.31. The van der Waals surface area contributed by atoms with Crippen molar-refractivity contribution in [3.8, 4) is 0 Å². The molecule has 0 unspecified atom stereocenters. The third kappa shape index (κ3) is 4.91. The van der Waals surface area contributed by atoms with Crippen LogP contribution in [0, 0.1) is 10.8 Å². The van der Waals surface area contributed by atoms with Gasteiger partial charge in [-0.05, 0) is 18.8 Å². The highest BCUT2D eigenvalue weighted by atomic mass is 16.2. The van der Waals surface area contributed by atoms with Crippen LogP contribution in [0.3, 0.4) is 0 Å². The molecule has 0 aromatic heterocycles. The first-order valence-electron chi connectivity index (χ1n) is 4.97. The fraction of sp³-hybridized carbons (Fsp3) is 0.909. The Morgan fingerprint density at radius 2 is 1.62 bits per heavy atom. The predicted octanol–water partition coefficient (Wildman–Crippen LogP) is 2.58. The molecule has 0 spiro atoms. The van der Waals surface area contributed by atoms with E-state index in [0.29, 0.717) is 6.54 Å². The molecule has 2 heteroatoms. The minimum Gasteiger partial charge on any atom is -0.356 e. The molecule has 0 aromatic carbocycles. The van der Waals surface area contributed by atoms with Gasteiger partial charge in [-0.25, -0.2) is 0 Å². The monoisotopic (exact) mass is 185 g/mol.